The van der Waals surface area contributed by atoms with Crippen LogP contribution in [0.15, 0.2) is 46.4 Å². The van der Waals surface area contributed by atoms with Crippen molar-refractivity contribution in [2.45, 2.75) is 84.9 Å². The van der Waals surface area contributed by atoms with E-state index in [2.05, 4.69) is 27.7 Å². The first-order valence-corrected chi connectivity index (χ1v) is 12.0. The molecule has 2 nitrogen and oxygen atoms in total. The molecule has 0 bridgehead atoms. The van der Waals surface area contributed by atoms with Crippen LogP contribution in [-0.2, 0) is 12.8 Å². The number of para-hydroxylation sites is 2. The summed E-state index contributed by atoms with van der Waals surface area (Å²) in [5, 5.41) is 0. The number of benzene rings is 2. The summed E-state index contributed by atoms with van der Waals surface area (Å²) in [4.78, 5) is 9.90. The smallest absolute Gasteiger partial charge is 0.449 e. The average Bonchev–Trinajstić information content (AvgIpc) is 2.74. The second-order valence-corrected chi connectivity index (χ2v) is 9.88. The topological polar surface area (TPSA) is 24.7 Å². The maximum atomic E-state index is 14.0. The van der Waals surface area contributed by atoms with E-state index in [0.29, 0.717) is 12.8 Å². The molecule has 0 saturated carbocycles. The van der Waals surface area contributed by atoms with Gasteiger partial charge in [-0.15, -0.1) is 0 Å². The Hall–Kier alpha value is -2.37. The van der Waals surface area contributed by atoms with Crippen LogP contribution in [0.25, 0.3) is 0 Å². The molecule has 33 heavy (non-hydrogen) atoms. The van der Waals surface area contributed by atoms with Crippen molar-refractivity contribution in [3.05, 3.63) is 58.7 Å². The van der Waals surface area contributed by atoms with Crippen molar-refractivity contribution in [3.8, 4) is 0 Å². The van der Waals surface area contributed by atoms with Gasteiger partial charge in [-0.1, -0.05) is 82.8 Å². The van der Waals surface area contributed by atoms with Crippen molar-refractivity contribution in [1.29, 1.82) is 0 Å². The van der Waals surface area contributed by atoms with Gasteiger partial charge < -0.3 is 12.9 Å². The zero-order valence-electron chi connectivity index (χ0n) is 20.6. The molecule has 1 aliphatic rings. The van der Waals surface area contributed by atoms with E-state index >= 15 is 0 Å². The number of aliphatic imine (C=N–C) groups is 2. The molecule has 1 heterocycles. The van der Waals surface area contributed by atoms with Gasteiger partial charge in [-0.2, -0.15) is 0 Å². The molecular formula is C27H35BF3N2-. The summed E-state index contributed by atoms with van der Waals surface area (Å²) in [6, 6.07) is 11.8. The van der Waals surface area contributed by atoms with Gasteiger partial charge in [-0.25, -0.2) is 0 Å². The summed E-state index contributed by atoms with van der Waals surface area (Å²) < 4.78 is 42.1. The minimum Gasteiger partial charge on any atom is -0.449 e. The molecule has 2 aromatic rings. The van der Waals surface area contributed by atoms with Gasteiger partial charge >= 0.3 is 6.98 Å². The summed E-state index contributed by atoms with van der Waals surface area (Å²) in [6.07, 6.45) is 0.915. The molecule has 1 aliphatic heterocycles. The van der Waals surface area contributed by atoms with Gasteiger partial charge in [-0.05, 0) is 60.8 Å². The van der Waals surface area contributed by atoms with Gasteiger partial charge in [0.15, 0.2) is 0 Å². The van der Waals surface area contributed by atoms with Gasteiger partial charge in [0.2, 0.25) is 0 Å². The summed E-state index contributed by atoms with van der Waals surface area (Å²) in [6.45, 7) is 7.32. The van der Waals surface area contributed by atoms with Crippen LogP contribution in [0, 0.1) is 0 Å². The van der Waals surface area contributed by atoms with Crippen LogP contribution >= 0.6 is 0 Å². The number of fused-ring (bicyclic) bond motifs is 2. The Kier molecular flexibility index (Phi) is 7.86. The van der Waals surface area contributed by atoms with Gasteiger partial charge in [0, 0.05) is 0 Å². The molecule has 0 aliphatic carbocycles. The van der Waals surface area contributed by atoms with Crippen molar-refractivity contribution < 1.29 is 12.9 Å². The molecular weight excluding hydrogens is 420 g/mol. The third-order valence-electron chi connectivity index (χ3n) is 6.73. The summed E-state index contributed by atoms with van der Waals surface area (Å²) in [7, 11) is 0. The van der Waals surface area contributed by atoms with Crippen LogP contribution in [-0.4, -0.2) is 18.4 Å². The van der Waals surface area contributed by atoms with Crippen molar-refractivity contribution in [2.75, 3.05) is 0 Å². The lowest BCUT2D eigenvalue weighted by Crippen LogP contribution is -2.25. The fourth-order valence-electron chi connectivity index (χ4n) is 4.53. The Labute approximate surface area is 196 Å². The molecule has 0 spiro atoms. The highest BCUT2D eigenvalue weighted by Gasteiger charge is 2.34. The van der Waals surface area contributed by atoms with Crippen molar-refractivity contribution in [3.63, 3.8) is 0 Å². The summed E-state index contributed by atoms with van der Waals surface area (Å²) in [5.41, 5.74) is 7.11. The van der Waals surface area contributed by atoms with Gasteiger partial charge in [0.1, 0.15) is 0 Å². The Balaban J connectivity index is 2.24. The van der Waals surface area contributed by atoms with E-state index in [0.717, 1.165) is 45.1 Å². The predicted octanol–water partition coefficient (Wildman–Crippen LogP) is 8.91. The molecule has 0 fully saturated rings. The number of hydrogen-bond donors (Lipinski definition) is 0. The van der Waals surface area contributed by atoms with Crippen molar-refractivity contribution >= 4 is 29.8 Å². The Morgan fingerprint density at radius 3 is 1.45 bits per heavy atom. The average molecular weight is 455 g/mol. The van der Waals surface area contributed by atoms with Crippen LogP contribution in [0.3, 0.4) is 0 Å². The van der Waals surface area contributed by atoms with Crippen molar-refractivity contribution in [2.24, 2.45) is 9.98 Å². The van der Waals surface area contributed by atoms with E-state index in [1.165, 1.54) is 0 Å². The van der Waals surface area contributed by atoms with Crippen molar-refractivity contribution in [1.82, 2.24) is 0 Å². The van der Waals surface area contributed by atoms with E-state index < -0.39 is 12.8 Å². The monoisotopic (exact) mass is 455 g/mol. The Bertz CT molecular complexity index is 974. The zero-order chi connectivity index (χ0) is 24.3. The quantitative estimate of drug-likeness (QED) is 0.413. The van der Waals surface area contributed by atoms with Crippen LogP contribution in [0.2, 0.25) is 5.82 Å². The lowest BCUT2D eigenvalue weighted by molar-refractivity contribution is 0.411. The first-order chi connectivity index (χ1) is 15.5. The minimum atomic E-state index is -4.94. The number of nitrogens with zero attached hydrogens (tertiary/aromatic N) is 2. The third kappa shape index (κ3) is 5.96. The normalized spacial score (nSPS) is 18.0. The molecule has 0 unspecified atom stereocenters. The fraction of sp³-hybridized carbons (Fsp3) is 0.481. The maximum Gasteiger partial charge on any atom is 0.481 e. The highest BCUT2D eigenvalue weighted by Crippen LogP contribution is 2.40. The third-order valence-corrected chi connectivity index (χ3v) is 6.73. The van der Waals surface area contributed by atoms with Crippen LogP contribution < -0.4 is 0 Å². The molecule has 2 aromatic carbocycles. The standard InChI is InChI=1S/C27H35BF3N2/c1-17(2)24-11-7-9-21-13-15-23(28(29,30)31)16-14-22-10-8-12-25(18(3)4)27(22)33-20(6)19(5)32-26(21)24/h7-12,17-18,23H,13-16H2,1-6H3/q-1. The Morgan fingerprint density at radius 2 is 1.12 bits per heavy atom. The zero-order valence-corrected chi connectivity index (χ0v) is 20.6. The molecule has 0 amide bonds. The number of hydrogen-bond acceptors (Lipinski definition) is 2. The minimum absolute atomic E-state index is 0.0889. The van der Waals surface area contributed by atoms with E-state index in [1.54, 1.807) is 0 Å². The molecule has 0 saturated heterocycles. The van der Waals surface area contributed by atoms with E-state index in [4.69, 9.17) is 9.98 Å². The van der Waals surface area contributed by atoms with Crippen LogP contribution in [0.1, 0.15) is 88.5 Å². The molecule has 0 N–H and O–H groups in total. The fourth-order valence-corrected chi connectivity index (χ4v) is 4.53. The summed E-state index contributed by atoms with van der Waals surface area (Å²) >= 11 is 0. The second-order valence-electron chi connectivity index (χ2n) is 9.88. The largest absolute Gasteiger partial charge is 0.481 e. The van der Waals surface area contributed by atoms with Gasteiger partial charge in [0.05, 0.1) is 22.8 Å². The molecule has 0 aromatic heterocycles. The lowest BCUT2D eigenvalue weighted by Gasteiger charge is -2.27. The number of aryl methyl sites for hydroxylation is 2. The number of rotatable bonds is 3. The van der Waals surface area contributed by atoms with Crippen LogP contribution in [0.4, 0.5) is 24.3 Å². The predicted molar refractivity (Wildman–Crippen MR) is 136 cm³/mol. The summed E-state index contributed by atoms with van der Waals surface area (Å²) in [5.74, 6) is -0.854. The molecule has 3 rings (SSSR count). The number of halogens is 3. The first-order valence-electron chi connectivity index (χ1n) is 12.0. The van der Waals surface area contributed by atoms with E-state index in [-0.39, 0.29) is 24.7 Å². The van der Waals surface area contributed by atoms with Gasteiger partial charge in [0.25, 0.3) is 0 Å². The van der Waals surface area contributed by atoms with Crippen LogP contribution in [0.5, 0.6) is 0 Å². The second kappa shape index (κ2) is 10.3. The van der Waals surface area contributed by atoms with E-state index in [9.17, 15) is 12.9 Å². The lowest BCUT2D eigenvalue weighted by atomic mass is 9.67. The first kappa shape index (κ1) is 25.3. The molecule has 6 heteroatoms. The maximum absolute atomic E-state index is 14.0. The Morgan fingerprint density at radius 1 is 0.727 bits per heavy atom. The molecule has 178 valence electrons. The highest BCUT2D eigenvalue weighted by atomic mass is 19.4. The highest BCUT2D eigenvalue weighted by molar-refractivity contribution is 6.60. The van der Waals surface area contributed by atoms with E-state index in [1.807, 2.05) is 50.2 Å². The van der Waals surface area contributed by atoms with Gasteiger partial charge in [-0.3, -0.25) is 9.98 Å². The molecule has 0 atom stereocenters. The SMILES string of the molecule is CC1=Nc2c(cccc2C(C)C)CCC([B-](F)(F)F)CCc2cccc(C(C)C)c2N=C1C. The molecule has 0 radical (unpaired) electrons.